The number of hydrogen-bond acceptors (Lipinski definition) is 3. The molecule has 110 valence electrons. The van der Waals surface area contributed by atoms with Gasteiger partial charge < -0.3 is 15.3 Å². The minimum atomic E-state index is -0.439. The Bertz CT molecular complexity index is 479. The van der Waals surface area contributed by atoms with E-state index in [4.69, 9.17) is 16.7 Å². The molecule has 1 heterocycles. The average Bonchev–Trinajstić information content (AvgIpc) is 2.43. The van der Waals surface area contributed by atoms with Gasteiger partial charge in [0.2, 0.25) is 0 Å². The fraction of sp³-hybridized carbons (Fsp3) is 0.462. The van der Waals surface area contributed by atoms with Crippen LogP contribution in [-0.2, 0) is 0 Å². The Balaban J connectivity index is 1.89. The van der Waals surface area contributed by atoms with Crippen molar-refractivity contribution in [2.45, 2.75) is 0 Å². The number of halogens is 2. The second-order valence-electron chi connectivity index (χ2n) is 4.61. The van der Waals surface area contributed by atoms with Crippen LogP contribution < -0.4 is 5.32 Å². The summed E-state index contributed by atoms with van der Waals surface area (Å²) >= 11 is 5.87. The zero-order chi connectivity index (χ0) is 14.5. The van der Waals surface area contributed by atoms with E-state index in [2.05, 4.69) is 10.2 Å². The van der Waals surface area contributed by atoms with E-state index in [0.717, 1.165) is 19.2 Å². The topological polar surface area (TPSA) is 55.8 Å². The van der Waals surface area contributed by atoms with Crippen LogP contribution in [0, 0.1) is 5.82 Å². The van der Waals surface area contributed by atoms with Gasteiger partial charge in [0.1, 0.15) is 5.82 Å². The monoisotopic (exact) mass is 301 g/mol. The molecule has 1 aromatic rings. The first kappa shape index (κ1) is 15.0. The molecule has 1 fully saturated rings. The summed E-state index contributed by atoms with van der Waals surface area (Å²) in [5, 5.41) is 11.7. The molecular formula is C13H17ClFN3O2. The quantitative estimate of drug-likeness (QED) is 0.892. The highest BCUT2D eigenvalue weighted by Crippen LogP contribution is 2.22. The number of rotatable bonds is 3. The molecule has 2 amide bonds. The molecule has 1 aliphatic heterocycles. The Morgan fingerprint density at radius 3 is 2.65 bits per heavy atom. The molecule has 20 heavy (non-hydrogen) atoms. The van der Waals surface area contributed by atoms with Crippen LogP contribution in [0.3, 0.4) is 0 Å². The fourth-order valence-electron chi connectivity index (χ4n) is 2.10. The molecule has 0 radical (unpaired) electrons. The standard InChI is InChI=1S/C13H17ClFN3O2/c14-11-9-10(15)1-2-12(11)16-13(20)18-5-3-17(4-6-18)7-8-19/h1-2,9,19H,3-8H2,(H,16,20). The summed E-state index contributed by atoms with van der Waals surface area (Å²) in [5.41, 5.74) is 0.399. The number of aliphatic hydroxyl groups is 1. The summed E-state index contributed by atoms with van der Waals surface area (Å²) in [4.78, 5) is 15.8. The van der Waals surface area contributed by atoms with Crippen molar-refractivity contribution in [1.82, 2.24) is 9.80 Å². The van der Waals surface area contributed by atoms with Gasteiger partial charge in [-0.15, -0.1) is 0 Å². The van der Waals surface area contributed by atoms with Crippen LogP contribution in [0.1, 0.15) is 0 Å². The number of β-amino-alcohol motifs (C(OH)–C–C–N with tert-alkyl or cyclic N) is 1. The number of urea groups is 1. The molecule has 1 saturated heterocycles. The lowest BCUT2D eigenvalue weighted by Gasteiger charge is -2.34. The number of benzene rings is 1. The van der Waals surface area contributed by atoms with E-state index in [1.165, 1.54) is 12.1 Å². The molecule has 1 aliphatic rings. The molecule has 0 atom stereocenters. The second-order valence-corrected chi connectivity index (χ2v) is 5.01. The van der Waals surface area contributed by atoms with Crippen LogP contribution in [0.4, 0.5) is 14.9 Å². The molecule has 0 bridgehead atoms. The lowest BCUT2D eigenvalue weighted by Crippen LogP contribution is -2.50. The van der Waals surface area contributed by atoms with Crippen LogP contribution in [0.5, 0.6) is 0 Å². The van der Waals surface area contributed by atoms with E-state index >= 15 is 0 Å². The third-order valence-corrected chi connectivity index (χ3v) is 3.56. The molecule has 2 N–H and O–H groups in total. The molecule has 1 aromatic carbocycles. The molecule has 0 spiro atoms. The maximum atomic E-state index is 12.9. The number of carbonyl (C=O) groups excluding carboxylic acids is 1. The zero-order valence-electron chi connectivity index (χ0n) is 11.0. The Kier molecular flexibility index (Phi) is 5.17. The first-order valence-electron chi connectivity index (χ1n) is 6.44. The van der Waals surface area contributed by atoms with Gasteiger partial charge in [-0.1, -0.05) is 11.6 Å². The number of nitrogens with one attached hydrogen (secondary N) is 1. The number of amides is 2. The number of nitrogens with zero attached hydrogens (tertiary/aromatic N) is 2. The minimum Gasteiger partial charge on any atom is -0.395 e. The average molecular weight is 302 g/mol. The molecule has 0 aliphatic carbocycles. The summed E-state index contributed by atoms with van der Waals surface area (Å²) in [6.45, 7) is 3.38. The molecule has 7 heteroatoms. The summed E-state index contributed by atoms with van der Waals surface area (Å²) in [6, 6.07) is 3.61. The lowest BCUT2D eigenvalue weighted by molar-refractivity contribution is 0.127. The maximum absolute atomic E-state index is 12.9. The lowest BCUT2D eigenvalue weighted by atomic mass is 10.3. The van der Waals surface area contributed by atoms with Crippen molar-refractivity contribution in [3.8, 4) is 0 Å². The van der Waals surface area contributed by atoms with E-state index < -0.39 is 5.82 Å². The predicted octanol–water partition coefficient (Wildman–Crippen LogP) is 1.62. The summed E-state index contributed by atoms with van der Waals surface area (Å²) in [6.07, 6.45) is 0. The Morgan fingerprint density at radius 1 is 1.35 bits per heavy atom. The fourth-order valence-corrected chi connectivity index (χ4v) is 2.32. The van der Waals surface area contributed by atoms with Crippen molar-refractivity contribution < 1.29 is 14.3 Å². The highest BCUT2D eigenvalue weighted by atomic mass is 35.5. The van der Waals surface area contributed by atoms with Crippen molar-refractivity contribution in [3.05, 3.63) is 29.0 Å². The third-order valence-electron chi connectivity index (χ3n) is 3.25. The Morgan fingerprint density at radius 2 is 2.05 bits per heavy atom. The van der Waals surface area contributed by atoms with Gasteiger partial charge in [-0.25, -0.2) is 9.18 Å². The van der Waals surface area contributed by atoms with E-state index in [0.29, 0.717) is 25.3 Å². The van der Waals surface area contributed by atoms with Gasteiger partial charge in [-0.3, -0.25) is 4.90 Å². The van der Waals surface area contributed by atoms with Crippen LogP contribution in [0.25, 0.3) is 0 Å². The van der Waals surface area contributed by atoms with Crippen molar-refractivity contribution in [3.63, 3.8) is 0 Å². The number of carbonyl (C=O) groups is 1. The summed E-state index contributed by atoms with van der Waals surface area (Å²) in [5.74, 6) is -0.439. The van der Waals surface area contributed by atoms with Crippen LogP contribution in [-0.4, -0.2) is 60.3 Å². The van der Waals surface area contributed by atoms with E-state index in [-0.39, 0.29) is 17.7 Å². The highest BCUT2D eigenvalue weighted by molar-refractivity contribution is 6.33. The predicted molar refractivity (Wildman–Crippen MR) is 75.5 cm³/mol. The van der Waals surface area contributed by atoms with Gasteiger partial charge in [0.25, 0.3) is 0 Å². The number of anilines is 1. The molecule has 0 unspecified atom stereocenters. The smallest absolute Gasteiger partial charge is 0.321 e. The summed E-state index contributed by atoms with van der Waals surface area (Å²) < 4.78 is 12.9. The van der Waals surface area contributed by atoms with Gasteiger partial charge in [-0.2, -0.15) is 0 Å². The van der Waals surface area contributed by atoms with Gasteiger partial charge in [0, 0.05) is 32.7 Å². The van der Waals surface area contributed by atoms with E-state index in [9.17, 15) is 9.18 Å². The van der Waals surface area contributed by atoms with Crippen molar-refractivity contribution >= 4 is 23.3 Å². The highest BCUT2D eigenvalue weighted by Gasteiger charge is 2.21. The molecule has 0 saturated carbocycles. The molecular weight excluding hydrogens is 285 g/mol. The first-order chi connectivity index (χ1) is 9.60. The van der Waals surface area contributed by atoms with Crippen LogP contribution >= 0.6 is 11.6 Å². The van der Waals surface area contributed by atoms with E-state index in [1.807, 2.05) is 0 Å². The number of hydrogen-bond donors (Lipinski definition) is 2. The van der Waals surface area contributed by atoms with Crippen molar-refractivity contribution in [2.24, 2.45) is 0 Å². The normalized spacial score (nSPS) is 16.2. The third kappa shape index (κ3) is 3.82. The van der Waals surface area contributed by atoms with Gasteiger partial charge in [-0.05, 0) is 18.2 Å². The largest absolute Gasteiger partial charge is 0.395 e. The SMILES string of the molecule is O=C(Nc1ccc(F)cc1Cl)N1CCN(CCO)CC1. The van der Waals surface area contributed by atoms with Gasteiger partial charge in [0.05, 0.1) is 17.3 Å². The number of piperazine rings is 1. The second kappa shape index (κ2) is 6.88. The summed E-state index contributed by atoms with van der Waals surface area (Å²) in [7, 11) is 0. The Hall–Kier alpha value is -1.37. The van der Waals surface area contributed by atoms with Crippen molar-refractivity contribution in [2.75, 3.05) is 44.6 Å². The molecule has 2 rings (SSSR count). The molecule has 0 aromatic heterocycles. The van der Waals surface area contributed by atoms with Crippen molar-refractivity contribution in [1.29, 1.82) is 0 Å². The van der Waals surface area contributed by atoms with Crippen LogP contribution in [0.2, 0.25) is 5.02 Å². The van der Waals surface area contributed by atoms with E-state index in [1.54, 1.807) is 4.90 Å². The number of aliphatic hydroxyl groups excluding tert-OH is 1. The first-order valence-corrected chi connectivity index (χ1v) is 6.82. The molecule has 5 nitrogen and oxygen atoms in total. The zero-order valence-corrected chi connectivity index (χ0v) is 11.7. The minimum absolute atomic E-state index is 0.122. The Labute approximate surface area is 121 Å². The van der Waals surface area contributed by atoms with Gasteiger partial charge in [0.15, 0.2) is 0 Å². The van der Waals surface area contributed by atoms with Gasteiger partial charge >= 0.3 is 6.03 Å². The van der Waals surface area contributed by atoms with Crippen LogP contribution in [0.15, 0.2) is 18.2 Å². The maximum Gasteiger partial charge on any atom is 0.321 e.